The van der Waals surface area contributed by atoms with Crippen LogP contribution in [0.1, 0.15) is 5.56 Å². The monoisotopic (exact) mass is 274 g/mol. The number of benzene rings is 2. The molecule has 106 valence electrons. The van der Waals surface area contributed by atoms with Crippen molar-refractivity contribution in [1.29, 1.82) is 0 Å². The lowest BCUT2D eigenvalue weighted by molar-refractivity contribution is 0.414. The van der Waals surface area contributed by atoms with Gasteiger partial charge in [0.05, 0.1) is 12.8 Å². The van der Waals surface area contributed by atoms with Gasteiger partial charge >= 0.3 is 0 Å². The number of rotatable bonds is 7. The molecule has 0 aliphatic carbocycles. The Balaban J connectivity index is 1.67. The van der Waals surface area contributed by atoms with Gasteiger partial charge in [-0.15, -0.1) is 0 Å². The van der Waals surface area contributed by atoms with Crippen molar-refractivity contribution in [2.75, 3.05) is 25.5 Å². The lowest BCUT2D eigenvalue weighted by Gasteiger charge is -2.09. The van der Waals surface area contributed by atoms with E-state index in [0.717, 1.165) is 18.8 Å². The normalized spacial score (nSPS) is 10.3. The van der Waals surface area contributed by atoms with Gasteiger partial charge in [0.15, 0.2) is 0 Å². The van der Waals surface area contributed by atoms with Crippen molar-refractivity contribution in [3.63, 3.8) is 0 Å². The van der Waals surface area contributed by atoms with Gasteiger partial charge in [-0.3, -0.25) is 0 Å². The summed E-state index contributed by atoms with van der Waals surface area (Å²) in [5.41, 5.74) is 1.73. The number of halogens is 1. The molecule has 0 saturated heterocycles. The number of methoxy groups -OCH3 is 1. The summed E-state index contributed by atoms with van der Waals surface area (Å²) in [5.74, 6) is 0.637. The summed E-state index contributed by atoms with van der Waals surface area (Å²) in [6.07, 6.45) is 0. The third-order valence-corrected chi connectivity index (χ3v) is 2.98. The van der Waals surface area contributed by atoms with Crippen LogP contribution in [0.4, 0.5) is 10.1 Å². The Morgan fingerprint density at radius 2 is 1.75 bits per heavy atom. The Labute approximate surface area is 118 Å². The highest BCUT2D eigenvalue weighted by Crippen LogP contribution is 2.12. The predicted molar refractivity (Wildman–Crippen MR) is 79.6 cm³/mol. The lowest BCUT2D eigenvalue weighted by atomic mass is 10.2. The Morgan fingerprint density at radius 3 is 2.45 bits per heavy atom. The first-order chi connectivity index (χ1) is 9.79. The van der Waals surface area contributed by atoms with Crippen molar-refractivity contribution in [1.82, 2.24) is 5.32 Å². The first-order valence-corrected chi connectivity index (χ1v) is 6.61. The molecule has 2 rings (SSSR count). The van der Waals surface area contributed by atoms with Crippen molar-refractivity contribution >= 4 is 5.69 Å². The molecule has 0 radical (unpaired) electrons. The van der Waals surface area contributed by atoms with E-state index in [-0.39, 0.29) is 5.82 Å². The Morgan fingerprint density at radius 1 is 1.00 bits per heavy atom. The van der Waals surface area contributed by atoms with Gasteiger partial charge in [-0.05, 0) is 29.8 Å². The smallest absolute Gasteiger partial charge is 0.146 e. The van der Waals surface area contributed by atoms with Crippen LogP contribution in [0, 0.1) is 5.82 Å². The summed E-state index contributed by atoms with van der Waals surface area (Å²) in [4.78, 5) is 0. The van der Waals surface area contributed by atoms with Crippen LogP contribution in [0.5, 0.6) is 5.75 Å². The fraction of sp³-hybridized carbons (Fsp3) is 0.250. The van der Waals surface area contributed by atoms with Crippen molar-refractivity contribution in [3.05, 3.63) is 59.9 Å². The van der Waals surface area contributed by atoms with Crippen LogP contribution in [0.2, 0.25) is 0 Å². The van der Waals surface area contributed by atoms with E-state index >= 15 is 0 Å². The van der Waals surface area contributed by atoms with Crippen molar-refractivity contribution < 1.29 is 9.13 Å². The number of anilines is 1. The number of ether oxygens (including phenoxy) is 1. The third kappa shape index (κ3) is 4.24. The molecule has 0 heterocycles. The summed E-state index contributed by atoms with van der Waals surface area (Å²) in [5, 5.41) is 6.36. The highest BCUT2D eigenvalue weighted by Gasteiger charge is 1.98. The van der Waals surface area contributed by atoms with Crippen LogP contribution in [0.3, 0.4) is 0 Å². The first kappa shape index (κ1) is 14.3. The van der Waals surface area contributed by atoms with E-state index in [4.69, 9.17) is 4.74 Å². The lowest BCUT2D eigenvalue weighted by Crippen LogP contribution is -2.22. The van der Waals surface area contributed by atoms with Crippen LogP contribution < -0.4 is 15.4 Å². The summed E-state index contributed by atoms with van der Waals surface area (Å²) in [7, 11) is 1.65. The van der Waals surface area contributed by atoms with Crippen LogP contribution >= 0.6 is 0 Å². The standard InChI is InChI=1S/C16H19FN2O/c1-20-14-8-6-13(7-9-14)12-18-10-11-19-16-5-3-2-4-15(16)17/h2-9,18-19H,10-12H2,1H3. The summed E-state index contributed by atoms with van der Waals surface area (Å²) in [6, 6.07) is 14.6. The van der Waals surface area contributed by atoms with Gasteiger partial charge in [-0.25, -0.2) is 4.39 Å². The molecule has 20 heavy (non-hydrogen) atoms. The maximum atomic E-state index is 13.3. The molecular formula is C16H19FN2O. The van der Waals surface area contributed by atoms with Crippen LogP contribution in [0.15, 0.2) is 48.5 Å². The maximum absolute atomic E-state index is 13.3. The summed E-state index contributed by atoms with van der Waals surface area (Å²) in [6.45, 7) is 2.22. The minimum atomic E-state index is -0.220. The average Bonchev–Trinajstić information content (AvgIpc) is 2.49. The zero-order chi connectivity index (χ0) is 14.2. The van der Waals surface area contributed by atoms with E-state index in [1.165, 1.54) is 11.6 Å². The van der Waals surface area contributed by atoms with Gasteiger partial charge < -0.3 is 15.4 Å². The van der Waals surface area contributed by atoms with Crippen molar-refractivity contribution in [2.45, 2.75) is 6.54 Å². The molecule has 2 aromatic rings. The first-order valence-electron chi connectivity index (χ1n) is 6.61. The molecule has 0 atom stereocenters. The molecule has 2 aromatic carbocycles. The number of para-hydroxylation sites is 1. The molecule has 0 saturated carbocycles. The largest absolute Gasteiger partial charge is 0.497 e. The highest BCUT2D eigenvalue weighted by molar-refractivity contribution is 5.44. The van der Waals surface area contributed by atoms with Crippen LogP contribution in [0.25, 0.3) is 0 Å². The van der Waals surface area contributed by atoms with E-state index < -0.39 is 0 Å². The van der Waals surface area contributed by atoms with Crippen molar-refractivity contribution in [3.8, 4) is 5.75 Å². The second kappa shape index (κ2) is 7.50. The summed E-state index contributed by atoms with van der Waals surface area (Å²) < 4.78 is 18.4. The average molecular weight is 274 g/mol. The fourth-order valence-corrected chi connectivity index (χ4v) is 1.87. The van der Waals surface area contributed by atoms with Crippen molar-refractivity contribution in [2.24, 2.45) is 0 Å². The molecule has 0 amide bonds. The molecule has 0 aliphatic rings. The Hall–Kier alpha value is -2.07. The number of nitrogens with one attached hydrogen (secondary N) is 2. The van der Waals surface area contributed by atoms with Crippen LogP contribution in [-0.2, 0) is 6.54 Å². The molecule has 4 heteroatoms. The minimum absolute atomic E-state index is 0.220. The molecule has 0 bridgehead atoms. The van der Waals surface area contributed by atoms with Gasteiger partial charge in [0.1, 0.15) is 11.6 Å². The van der Waals surface area contributed by atoms with Gasteiger partial charge in [-0.1, -0.05) is 24.3 Å². The molecule has 2 N–H and O–H groups in total. The molecule has 0 aromatic heterocycles. The molecule has 3 nitrogen and oxygen atoms in total. The molecular weight excluding hydrogens is 255 g/mol. The van der Waals surface area contributed by atoms with Gasteiger partial charge in [0.25, 0.3) is 0 Å². The maximum Gasteiger partial charge on any atom is 0.146 e. The van der Waals surface area contributed by atoms with E-state index in [1.807, 2.05) is 30.3 Å². The molecule has 0 unspecified atom stereocenters. The SMILES string of the molecule is COc1ccc(CNCCNc2ccccc2F)cc1. The van der Waals surface area contributed by atoms with Gasteiger partial charge in [-0.2, -0.15) is 0 Å². The Kier molecular flexibility index (Phi) is 5.38. The highest BCUT2D eigenvalue weighted by atomic mass is 19.1. The summed E-state index contributed by atoms with van der Waals surface area (Å²) >= 11 is 0. The molecule has 0 spiro atoms. The zero-order valence-electron chi connectivity index (χ0n) is 11.5. The van der Waals surface area contributed by atoms with Crippen LogP contribution in [-0.4, -0.2) is 20.2 Å². The topological polar surface area (TPSA) is 33.3 Å². The van der Waals surface area contributed by atoms with E-state index in [2.05, 4.69) is 10.6 Å². The quantitative estimate of drug-likeness (QED) is 0.761. The second-order valence-corrected chi connectivity index (χ2v) is 4.43. The minimum Gasteiger partial charge on any atom is -0.497 e. The fourth-order valence-electron chi connectivity index (χ4n) is 1.87. The molecule has 0 fully saturated rings. The van der Waals surface area contributed by atoms with E-state index in [9.17, 15) is 4.39 Å². The number of hydrogen-bond acceptors (Lipinski definition) is 3. The van der Waals surface area contributed by atoms with E-state index in [0.29, 0.717) is 12.2 Å². The third-order valence-electron chi connectivity index (χ3n) is 2.98. The molecule has 0 aliphatic heterocycles. The second-order valence-electron chi connectivity index (χ2n) is 4.43. The zero-order valence-corrected chi connectivity index (χ0v) is 11.5. The van der Waals surface area contributed by atoms with E-state index in [1.54, 1.807) is 19.2 Å². The predicted octanol–water partition coefficient (Wildman–Crippen LogP) is 3.04. The van der Waals surface area contributed by atoms with Gasteiger partial charge in [0, 0.05) is 19.6 Å². The van der Waals surface area contributed by atoms with Gasteiger partial charge in [0.2, 0.25) is 0 Å². The Bertz CT molecular complexity index is 528. The number of hydrogen-bond donors (Lipinski definition) is 2.